The minimum atomic E-state index is 0.332. The molecule has 88 valence electrons. The summed E-state index contributed by atoms with van der Waals surface area (Å²) < 4.78 is 0. The zero-order valence-electron chi connectivity index (χ0n) is 9.97. The molecule has 0 aromatic rings. The van der Waals surface area contributed by atoms with Crippen molar-refractivity contribution in [3.8, 4) is 0 Å². The number of nitrogens with zero attached hydrogens (tertiary/aromatic N) is 1. The molecule has 0 aliphatic carbocycles. The van der Waals surface area contributed by atoms with E-state index >= 15 is 0 Å². The van der Waals surface area contributed by atoms with Gasteiger partial charge in [0.05, 0.1) is 5.84 Å². The molecule has 1 unspecified atom stereocenters. The van der Waals surface area contributed by atoms with E-state index in [2.05, 4.69) is 11.8 Å². The van der Waals surface area contributed by atoms with Crippen molar-refractivity contribution in [2.45, 2.75) is 57.9 Å². The van der Waals surface area contributed by atoms with Crippen LogP contribution < -0.4 is 5.73 Å². The molecule has 0 bridgehead atoms. The van der Waals surface area contributed by atoms with Crippen molar-refractivity contribution in [2.24, 2.45) is 5.73 Å². The average molecular weight is 211 g/mol. The maximum Gasteiger partial charge on any atom is 0.0905 e. The van der Waals surface area contributed by atoms with Gasteiger partial charge >= 0.3 is 0 Å². The highest BCUT2D eigenvalue weighted by atomic mass is 15.1. The highest BCUT2D eigenvalue weighted by molar-refractivity contribution is 5.76. The number of hydrogen-bond donors (Lipinski definition) is 2. The normalized spacial score (nSPS) is 23.7. The zero-order chi connectivity index (χ0) is 11.1. The number of hydrogen-bond acceptors (Lipinski definition) is 2. The summed E-state index contributed by atoms with van der Waals surface area (Å²) in [4.78, 5) is 2.60. The minimum absolute atomic E-state index is 0.332. The highest BCUT2D eigenvalue weighted by Gasteiger charge is 2.15. The second kappa shape index (κ2) is 6.83. The van der Waals surface area contributed by atoms with Crippen molar-refractivity contribution in [1.29, 1.82) is 5.41 Å². The van der Waals surface area contributed by atoms with E-state index in [1.165, 1.54) is 45.2 Å². The van der Waals surface area contributed by atoms with Crippen LogP contribution in [0.4, 0.5) is 0 Å². The third-order valence-electron chi connectivity index (χ3n) is 3.33. The van der Waals surface area contributed by atoms with Crippen LogP contribution >= 0.6 is 0 Å². The lowest BCUT2D eigenvalue weighted by Crippen LogP contribution is -2.33. The van der Waals surface area contributed by atoms with Gasteiger partial charge in [0.1, 0.15) is 0 Å². The van der Waals surface area contributed by atoms with Crippen molar-refractivity contribution in [1.82, 2.24) is 4.90 Å². The molecule has 3 N–H and O–H groups in total. The van der Waals surface area contributed by atoms with E-state index in [9.17, 15) is 0 Å². The van der Waals surface area contributed by atoms with Crippen LogP contribution in [0.2, 0.25) is 0 Å². The lowest BCUT2D eigenvalue weighted by atomic mass is 10.1. The minimum Gasteiger partial charge on any atom is -0.388 e. The number of rotatable bonds is 5. The van der Waals surface area contributed by atoms with E-state index in [1.807, 2.05) is 0 Å². The number of nitrogens with one attached hydrogen (secondary N) is 1. The molecular weight excluding hydrogens is 186 g/mol. The fourth-order valence-electron chi connectivity index (χ4n) is 2.30. The molecule has 1 aliphatic heterocycles. The predicted octanol–water partition coefficient (Wildman–Crippen LogP) is 2.36. The van der Waals surface area contributed by atoms with Crippen molar-refractivity contribution in [2.75, 3.05) is 13.1 Å². The Morgan fingerprint density at radius 2 is 2.13 bits per heavy atom. The molecule has 0 saturated carbocycles. The van der Waals surface area contributed by atoms with Gasteiger partial charge in [-0.2, -0.15) is 0 Å². The molecule has 0 aromatic carbocycles. The van der Waals surface area contributed by atoms with Gasteiger partial charge in [-0.3, -0.25) is 5.41 Å². The van der Waals surface area contributed by atoms with Crippen molar-refractivity contribution >= 4 is 5.84 Å². The Kier molecular flexibility index (Phi) is 5.69. The van der Waals surface area contributed by atoms with E-state index in [0.29, 0.717) is 5.84 Å². The first-order chi connectivity index (χ1) is 7.20. The summed E-state index contributed by atoms with van der Waals surface area (Å²) in [6, 6.07) is 0.754. The first-order valence-corrected chi connectivity index (χ1v) is 6.27. The van der Waals surface area contributed by atoms with E-state index in [-0.39, 0.29) is 0 Å². The number of likely N-dealkylation sites (tertiary alicyclic amines) is 1. The van der Waals surface area contributed by atoms with Crippen LogP contribution in [0.25, 0.3) is 0 Å². The molecule has 1 fully saturated rings. The number of unbranched alkanes of at least 4 members (excludes halogenated alkanes) is 1. The molecule has 15 heavy (non-hydrogen) atoms. The standard InChI is InChI=1S/C12H25N3/c1-11-7-3-2-5-9-15(11)10-6-4-8-12(13)14/h11H,2-10H2,1H3,(H3,13,14). The lowest BCUT2D eigenvalue weighted by molar-refractivity contribution is 0.210. The molecule has 1 atom stereocenters. The van der Waals surface area contributed by atoms with Crippen LogP contribution in [-0.4, -0.2) is 29.9 Å². The van der Waals surface area contributed by atoms with Gasteiger partial charge in [-0.15, -0.1) is 0 Å². The van der Waals surface area contributed by atoms with E-state index in [4.69, 9.17) is 11.1 Å². The molecule has 1 heterocycles. The average Bonchev–Trinajstić information content (AvgIpc) is 2.38. The van der Waals surface area contributed by atoms with Gasteiger partial charge in [-0.1, -0.05) is 12.8 Å². The Morgan fingerprint density at radius 1 is 1.33 bits per heavy atom. The summed E-state index contributed by atoms with van der Waals surface area (Å²) in [5.41, 5.74) is 5.33. The first-order valence-electron chi connectivity index (χ1n) is 6.27. The molecule has 0 radical (unpaired) electrons. The van der Waals surface area contributed by atoms with Crippen LogP contribution in [-0.2, 0) is 0 Å². The molecule has 1 aliphatic rings. The Bertz CT molecular complexity index is 191. The van der Waals surface area contributed by atoms with Gasteiger partial charge in [-0.25, -0.2) is 0 Å². The summed E-state index contributed by atoms with van der Waals surface area (Å²) in [7, 11) is 0. The van der Waals surface area contributed by atoms with Crippen LogP contribution in [0.1, 0.15) is 51.9 Å². The summed E-state index contributed by atoms with van der Waals surface area (Å²) in [6.07, 6.45) is 8.52. The molecule has 0 aromatic heterocycles. The largest absolute Gasteiger partial charge is 0.388 e. The third kappa shape index (κ3) is 5.17. The number of amidine groups is 1. The Hall–Kier alpha value is -0.570. The van der Waals surface area contributed by atoms with Gasteiger partial charge in [0.15, 0.2) is 0 Å². The third-order valence-corrected chi connectivity index (χ3v) is 3.33. The van der Waals surface area contributed by atoms with Crippen LogP contribution in [0.3, 0.4) is 0 Å². The van der Waals surface area contributed by atoms with E-state index < -0.39 is 0 Å². The lowest BCUT2D eigenvalue weighted by Gasteiger charge is -2.26. The van der Waals surface area contributed by atoms with Gasteiger partial charge in [0.2, 0.25) is 0 Å². The van der Waals surface area contributed by atoms with Crippen molar-refractivity contribution in [3.05, 3.63) is 0 Å². The Morgan fingerprint density at radius 3 is 2.87 bits per heavy atom. The van der Waals surface area contributed by atoms with Gasteiger partial charge in [0.25, 0.3) is 0 Å². The second-order valence-corrected chi connectivity index (χ2v) is 4.72. The molecule has 0 spiro atoms. The summed E-state index contributed by atoms with van der Waals surface area (Å²) >= 11 is 0. The quantitative estimate of drug-likeness (QED) is 0.417. The monoisotopic (exact) mass is 211 g/mol. The molecule has 0 amide bonds. The summed E-state index contributed by atoms with van der Waals surface area (Å²) in [6.45, 7) is 4.80. The molecule has 3 nitrogen and oxygen atoms in total. The van der Waals surface area contributed by atoms with Crippen LogP contribution in [0.5, 0.6) is 0 Å². The van der Waals surface area contributed by atoms with Crippen molar-refractivity contribution in [3.63, 3.8) is 0 Å². The van der Waals surface area contributed by atoms with E-state index in [1.54, 1.807) is 0 Å². The summed E-state index contributed by atoms with van der Waals surface area (Å²) in [5, 5.41) is 7.16. The highest BCUT2D eigenvalue weighted by Crippen LogP contribution is 2.16. The number of nitrogens with two attached hydrogens (primary N) is 1. The Labute approximate surface area is 93.5 Å². The SMILES string of the molecule is CC1CCCCCN1CCCCC(=N)N. The maximum absolute atomic E-state index is 7.16. The topological polar surface area (TPSA) is 53.1 Å². The predicted molar refractivity (Wildman–Crippen MR) is 65.3 cm³/mol. The maximum atomic E-state index is 7.16. The molecule has 1 saturated heterocycles. The Balaban J connectivity index is 2.15. The van der Waals surface area contributed by atoms with Gasteiger partial charge < -0.3 is 10.6 Å². The van der Waals surface area contributed by atoms with Gasteiger partial charge in [0, 0.05) is 12.5 Å². The van der Waals surface area contributed by atoms with Crippen LogP contribution in [0.15, 0.2) is 0 Å². The molecule has 3 heteroatoms. The molecular formula is C12H25N3. The fraction of sp³-hybridized carbons (Fsp3) is 0.917. The second-order valence-electron chi connectivity index (χ2n) is 4.72. The van der Waals surface area contributed by atoms with Crippen molar-refractivity contribution < 1.29 is 0 Å². The summed E-state index contributed by atoms with van der Waals surface area (Å²) in [5.74, 6) is 0.332. The van der Waals surface area contributed by atoms with Gasteiger partial charge in [-0.05, 0) is 45.7 Å². The molecule has 1 rings (SSSR count). The first kappa shape index (κ1) is 12.5. The fourth-order valence-corrected chi connectivity index (χ4v) is 2.30. The smallest absolute Gasteiger partial charge is 0.0905 e. The van der Waals surface area contributed by atoms with Crippen LogP contribution in [0, 0.1) is 5.41 Å². The van der Waals surface area contributed by atoms with E-state index in [0.717, 1.165) is 18.9 Å². The zero-order valence-corrected chi connectivity index (χ0v) is 9.97.